The third-order valence-corrected chi connectivity index (χ3v) is 3.79. The number of morpholine rings is 1. The highest BCUT2D eigenvalue weighted by Crippen LogP contribution is 2.17. The van der Waals surface area contributed by atoms with Crippen LogP contribution in [-0.4, -0.2) is 54.7 Å². The Hall–Kier alpha value is -2.18. The lowest BCUT2D eigenvalue weighted by molar-refractivity contribution is -0.138. The van der Waals surface area contributed by atoms with Crippen molar-refractivity contribution in [3.8, 4) is 0 Å². The molecule has 0 atom stereocenters. The summed E-state index contributed by atoms with van der Waals surface area (Å²) in [4.78, 5) is 29.8. The van der Waals surface area contributed by atoms with Crippen molar-refractivity contribution >= 4 is 34.4 Å². The largest absolute Gasteiger partial charge is 0.452 e. The van der Waals surface area contributed by atoms with E-state index in [4.69, 9.17) is 21.1 Å². The first-order valence-electron chi connectivity index (χ1n) is 7.22. The van der Waals surface area contributed by atoms with Crippen LogP contribution in [-0.2, 0) is 14.3 Å². The molecule has 6 nitrogen and oxygen atoms in total. The van der Waals surface area contributed by atoms with E-state index in [9.17, 15) is 9.59 Å². The van der Waals surface area contributed by atoms with Gasteiger partial charge in [0.2, 0.25) is 0 Å². The van der Waals surface area contributed by atoms with Crippen LogP contribution >= 0.6 is 11.6 Å². The maximum absolute atomic E-state index is 12.1. The van der Waals surface area contributed by atoms with Gasteiger partial charge in [-0.1, -0.05) is 11.6 Å². The van der Waals surface area contributed by atoms with Crippen LogP contribution in [0.2, 0.25) is 5.15 Å². The average molecular weight is 335 g/mol. The van der Waals surface area contributed by atoms with E-state index in [1.165, 1.54) is 0 Å². The molecule has 1 aromatic heterocycles. The molecule has 1 amide bonds. The Morgan fingerprint density at radius 3 is 2.78 bits per heavy atom. The molecule has 120 valence electrons. The minimum atomic E-state index is -0.538. The summed E-state index contributed by atoms with van der Waals surface area (Å²) in [5.74, 6) is -0.751. The van der Waals surface area contributed by atoms with Gasteiger partial charge in [0.05, 0.1) is 24.3 Å². The summed E-state index contributed by atoms with van der Waals surface area (Å²) in [5, 5.41) is 1.17. The third-order valence-electron chi connectivity index (χ3n) is 3.58. The Morgan fingerprint density at radius 1 is 1.22 bits per heavy atom. The van der Waals surface area contributed by atoms with Crippen LogP contribution in [0.4, 0.5) is 0 Å². The van der Waals surface area contributed by atoms with Gasteiger partial charge in [0.25, 0.3) is 5.91 Å². The predicted octanol–water partition coefficient (Wildman–Crippen LogP) is 1.90. The topological polar surface area (TPSA) is 68.7 Å². The lowest BCUT2D eigenvalue weighted by Gasteiger charge is -2.26. The van der Waals surface area contributed by atoms with Crippen LogP contribution in [0.25, 0.3) is 10.9 Å². The molecule has 0 N–H and O–H groups in total. The van der Waals surface area contributed by atoms with Gasteiger partial charge in [0, 0.05) is 18.5 Å². The number of nitrogens with zero attached hydrogens (tertiary/aromatic N) is 2. The van der Waals surface area contributed by atoms with E-state index in [1.807, 2.05) is 0 Å². The number of amides is 1. The van der Waals surface area contributed by atoms with Gasteiger partial charge in [0.15, 0.2) is 6.61 Å². The molecule has 23 heavy (non-hydrogen) atoms. The molecule has 1 aliphatic rings. The Labute approximate surface area is 137 Å². The number of aromatic nitrogens is 1. The van der Waals surface area contributed by atoms with Crippen LogP contribution < -0.4 is 0 Å². The summed E-state index contributed by atoms with van der Waals surface area (Å²) in [5.41, 5.74) is 1.06. The quantitative estimate of drug-likeness (QED) is 0.633. The van der Waals surface area contributed by atoms with E-state index in [0.29, 0.717) is 42.5 Å². The Balaban J connectivity index is 1.63. The highest BCUT2D eigenvalue weighted by Gasteiger charge is 2.18. The summed E-state index contributed by atoms with van der Waals surface area (Å²) < 4.78 is 10.3. The monoisotopic (exact) mass is 334 g/mol. The Morgan fingerprint density at radius 2 is 2.00 bits per heavy atom. The first-order valence-corrected chi connectivity index (χ1v) is 7.60. The standard InChI is InChI=1S/C16H15ClN2O4/c17-14-4-2-11-9-12(1-3-13(11)18-14)16(21)23-10-15(20)19-5-7-22-8-6-19/h1-4,9H,5-8,10H2. The lowest BCUT2D eigenvalue weighted by Crippen LogP contribution is -2.42. The molecule has 7 heteroatoms. The van der Waals surface area contributed by atoms with E-state index in [0.717, 1.165) is 5.39 Å². The second kappa shape index (κ2) is 6.93. The molecule has 1 saturated heterocycles. The molecular formula is C16H15ClN2O4. The number of benzene rings is 1. The molecule has 2 heterocycles. The van der Waals surface area contributed by atoms with Crippen LogP contribution in [0.5, 0.6) is 0 Å². The average Bonchev–Trinajstić information content (AvgIpc) is 2.59. The molecule has 3 rings (SSSR count). The van der Waals surface area contributed by atoms with Gasteiger partial charge in [-0.25, -0.2) is 9.78 Å². The van der Waals surface area contributed by atoms with Gasteiger partial charge in [-0.15, -0.1) is 0 Å². The minimum absolute atomic E-state index is 0.212. The molecule has 1 fully saturated rings. The van der Waals surface area contributed by atoms with Gasteiger partial charge >= 0.3 is 5.97 Å². The number of hydrogen-bond donors (Lipinski definition) is 0. The number of halogens is 1. The Kier molecular flexibility index (Phi) is 4.73. The zero-order chi connectivity index (χ0) is 16.2. The SMILES string of the molecule is O=C(OCC(=O)N1CCOCC1)c1ccc2nc(Cl)ccc2c1. The fourth-order valence-corrected chi connectivity index (χ4v) is 2.50. The second-order valence-corrected chi connectivity index (χ2v) is 5.50. The van der Waals surface area contributed by atoms with Gasteiger partial charge in [0.1, 0.15) is 5.15 Å². The molecule has 0 radical (unpaired) electrons. The van der Waals surface area contributed by atoms with Crippen LogP contribution in [0.15, 0.2) is 30.3 Å². The van der Waals surface area contributed by atoms with Gasteiger partial charge in [-0.2, -0.15) is 0 Å². The smallest absolute Gasteiger partial charge is 0.338 e. The van der Waals surface area contributed by atoms with Crippen molar-refractivity contribution in [2.75, 3.05) is 32.9 Å². The maximum atomic E-state index is 12.1. The van der Waals surface area contributed by atoms with Crippen LogP contribution in [0.3, 0.4) is 0 Å². The van der Waals surface area contributed by atoms with Gasteiger partial charge in [-0.3, -0.25) is 4.79 Å². The van der Waals surface area contributed by atoms with Crippen molar-refractivity contribution in [3.05, 3.63) is 41.0 Å². The van der Waals surface area contributed by atoms with Gasteiger partial charge < -0.3 is 14.4 Å². The third kappa shape index (κ3) is 3.78. The summed E-state index contributed by atoms with van der Waals surface area (Å²) >= 11 is 5.83. The van der Waals surface area contributed by atoms with Crippen molar-refractivity contribution in [1.29, 1.82) is 0 Å². The number of carbonyl (C=O) groups is 2. The van der Waals surface area contributed by atoms with Crippen LogP contribution in [0, 0.1) is 0 Å². The van der Waals surface area contributed by atoms with Gasteiger partial charge in [-0.05, 0) is 30.3 Å². The van der Waals surface area contributed by atoms with E-state index in [2.05, 4.69) is 4.98 Å². The van der Waals surface area contributed by atoms with E-state index in [1.54, 1.807) is 35.2 Å². The van der Waals surface area contributed by atoms with E-state index >= 15 is 0 Å². The number of rotatable bonds is 3. The lowest BCUT2D eigenvalue weighted by atomic mass is 10.1. The molecular weight excluding hydrogens is 320 g/mol. The molecule has 0 bridgehead atoms. The first-order chi connectivity index (χ1) is 11.1. The predicted molar refractivity (Wildman–Crippen MR) is 84.4 cm³/mol. The fourth-order valence-electron chi connectivity index (χ4n) is 2.34. The maximum Gasteiger partial charge on any atom is 0.338 e. The molecule has 1 aromatic carbocycles. The van der Waals surface area contributed by atoms with E-state index < -0.39 is 5.97 Å². The summed E-state index contributed by atoms with van der Waals surface area (Å²) in [6.45, 7) is 1.81. The normalized spacial score (nSPS) is 14.7. The number of fused-ring (bicyclic) bond motifs is 1. The Bertz CT molecular complexity index is 744. The number of ether oxygens (including phenoxy) is 2. The van der Waals surface area contributed by atoms with Crippen molar-refractivity contribution in [2.24, 2.45) is 0 Å². The highest BCUT2D eigenvalue weighted by atomic mass is 35.5. The van der Waals surface area contributed by atoms with Crippen molar-refractivity contribution in [3.63, 3.8) is 0 Å². The van der Waals surface area contributed by atoms with Crippen molar-refractivity contribution in [2.45, 2.75) is 0 Å². The molecule has 1 aliphatic heterocycles. The van der Waals surface area contributed by atoms with Crippen molar-refractivity contribution in [1.82, 2.24) is 9.88 Å². The van der Waals surface area contributed by atoms with Crippen LogP contribution in [0.1, 0.15) is 10.4 Å². The molecule has 0 unspecified atom stereocenters. The number of carbonyl (C=O) groups excluding carboxylic acids is 2. The summed E-state index contributed by atoms with van der Waals surface area (Å²) in [6.07, 6.45) is 0. The molecule has 0 aliphatic carbocycles. The van der Waals surface area contributed by atoms with Crippen molar-refractivity contribution < 1.29 is 19.1 Å². The second-order valence-electron chi connectivity index (χ2n) is 5.11. The summed E-state index contributed by atoms with van der Waals surface area (Å²) in [6, 6.07) is 8.40. The summed E-state index contributed by atoms with van der Waals surface area (Å²) in [7, 11) is 0. The first kappa shape index (κ1) is 15.7. The zero-order valence-electron chi connectivity index (χ0n) is 12.3. The number of hydrogen-bond acceptors (Lipinski definition) is 5. The number of pyridine rings is 1. The molecule has 0 saturated carbocycles. The molecule has 2 aromatic rings. The minimum Gasteiger partial charge on any atom is -0.452 e. The highest BCUT2D eigenvalue weighted by molar-refractivity contribution is 6.29. The zero-order valence-corrected chi connectivity index (χ0v) is 13.1. The number of esters is 1. The fraction of sp³-hybridized carbons (Fsp3) is 0.312. The van der Waals surface area contributed by atoms with E-state index in [-0.39, 0.29) is 12.5 Å². The molecule has 0 spiro atoms.